The minimum absolute atomic E-state index is 0.861. The van der Waals surface area contributed by atoms with Gasteiger partial charge in [-0.3, -0.25) is 0 Å². The van der Waals surface area contributed by atoms with Crippen LogP contribution in [0.1, 0.15) is 0 Å². The molecule has 0 saturated heterocycles. The van der Waals surface area contributed by atoms with Crippen molar-refractivity contribution in [2.45, 2.75) is 4.90 Å². The Hall–Kier alpha value is -2.33. The number of ether oxygens (including phenoxy) is 1. The van der Waals surface area contributed by atoms with E-state index in [1.54, 1.807) is 19.1 Å². The Morgan fingerprint density at radius 2 is 1.59 bits per heavy atom. The number of hydrogen-bond acceptors (Lipinski definition) is 4. The topological polar surface area (TPSA) is 33.3 Å². The van der Waals surface area contributed by atoms with Gasteiger partial charge in [-0.15, -0.1) is 0 Å². The molecule has 0 radical (unpaired) electrons. The molecule has 3 aromatic rings. The SMILES string of the molecule is CNc1ccc(SNc2ccc(OC)cc2)c2ccccc12. The van der Waals surface area contributed by atoms with Gasteiger partial charge in [0.1, 0.15) is 5.75 Å². The van der Waals surface area contributed by atoms with Crippen molar-refractivity contribution in [1.29, 1.82) is 0 Å². The molecule has 0 atom stereocenters. The number of rotatable bonds is 5. The first-order chi connectivity index (χ1) is 10.8. The molecule has 3 nitrogen and oxygen atoms in total. The first-order valence-electron chi connectivity index (χ1n) is 7.08. The van der Waals surface area contributed by atoms with Crippen LogP contribution < -0.4 is 14.8 Å². The summed E-state index contributed by atoms with van der Waals surface area (Å²) >= 11 is 1.62. The van der Waals surface area contributed by atoms with Crippen molar-refractivity contribution in [3.05, 3.63) is 60.7 Å². The first kappa shape index (κ1) is 14.6. The number of methoxy groups -OCH3 is 1. The van der Waals surface area contributed by atoms with Gasteiger partial charge in [0, 0.05) is 28.7 Å². The third-order valence-electron chi connectivity index (χ3n) is 3.52. The molecular weight excluding hydrogens is 292 g/mol. The molecule has 0 heterocycles. The second-order valence-electron chi connectivity index (χ2n) is 4.84. The molecule has 0 unspecified atom stereocenters. The summed E-state index contributed by atoms with van der Waals surface area (Å²) in [6, 6.07) is 20.6. The molecule has 0 saturated carbocycles. The van der Waals surface area contributed by atoms with E-state index < -0.39 is 0 Å². The predicted octanol–water partition coefficient (Wildman–Crippen LogP) is 5.01. The monoisotopic (exact) mass is 310 g/mol. The van der Waals surface area contributed by atoms with Gasteiger partial charge in [0.05, 0.1) is 7.11 Å². The Morgan fingerprint density at radius 3 is 2.27 bits per heavy atom. The number of fused-ring (bicyclic) bond motifs is 1. The summed E-state index contributed by atoms with van der Waals surface area (Å²) < 4.78 is 8.56. The summed E-state index contributed by atoms with van der Waals surface area (Å²) in [7, 11) is 3.62. The summed E-state index contributed by atoms with van der Waals surface area (Å²) in [5.41, 5.74) is 2.19. The van der Waals surface area contributed by atoms with E-state index in [-0.39, 0.29) is 0 Å². The molecule has 2 N–H and O–H groups in total. The predicted molar refractivity (Wildman–Crippen MR) is 96.0 cm³/mol. The third-order valence-corrected chi connectivity index (χ3v) is 4.44. The first-order valence-corrected chi connectivity index (χ1v) is 7.90. The van der Waals surface area contributed by atoms with Crippen LogP contribution in [0.3, 0.4) is 0 Å². The summed E-state index contributed by atoms with van der Waals surface area (Å²) in [4.78, 5) is 1.20. The maximum Gasteiger partial charge on any atom is 0.119 e. The Bertz CT molecular complexity index is 772. The van der Waals surface area contributed by atoms with E-state index in [2.05, 4.69) is 46.4 Å². The molecule has 3 aromatic carbocycles. The van der Waals surface area contributed by atoms with Crippen LogP contribution in [0.4, 0.5) is 11.4 Å². The van der Waals surface area contributed by atoms with Crippen molar-refractivity contribution >= 4 is 34.1 Å². The van der Waals surface area contributed by atoms with E-state index >= 15 is 0 Å². The zero-order chi connectivity index (χ0) is 15.4. The molecule has 112 valence electrons. The summed E-state index contributed by atoms with van der Waals surface area (Å²) in [5.74, 6) is 0.861. The number of hydrogen-bond donors (Lipinski definition) is 2. The van der Waals surface area contributed by atoms with Crippen LogP contribution in [0.2, 0.25) is 0 Å². The van der Waals surface area contributed by atoms with Gasteiger partial charge in [0.2, 0.25) is 0 Å². The minimum Gasteiger partial charge on any atom is -0.497 e. The van der Waals surface area contributed by atoms with Crippen molar-refractivity contribution in [3.63, 3.8) is 0 Å². The molecule has 0 aliphatic rings. The zero-order valence-corrected chi connectivity index (χ0v) is 13.4. The van der Waals surface area contributed by atoms with Gasteiger partial charge in [-0.05, 0) is 53.7 Å². The highest BCUT2D eigenvalue weighted by Gasteiger charge is 2.05. The highest BCUT2D eigenvalue weighted by atomic mass is 32.2. The molecule has 0 fully saturated rings. The van der Waals surface area contributed by atoms with Gasteiger partial charge in [-0.1, -0.05) is 24.3 Å². The molecule has 0 amide bonds. The molecule has 22 heavy (non-hydrogen) atoms. The van der Waals surface area contributed by atoms with Gasteiger partial charge < -0.3 is 14.8 Å². The quantitative estimate of drug-likeness (QED) is 0.649. The Morgan fingerprint density at radius 1 is 0.864 bits per heavy atom. The molecule has 0 aromatic heterocycles. The molecule has 0 bridgehead atoms. The van der Waals surface area contributed by atoms with E-state index in [9.17, 15) is 0 Å². The van der Waals surface area contributed by atoms with Crippen molar-refractivity contribution in [3.8, 4) is 5.75 Å². The Kier molecular flexibility index (Phi) is 4.39. The lowest BCUT2D eigenvalue weighted by Crippen LogP contribution is -1.92. The van der Waals surface area contributed by atoms with Crippen LogP contribution in [0.5, 0.6) is 5.75 Å². The lowest BCUT2D eigenvalue weighted by atomic mass is 10.1. The second kappa shape index (κ2) is 6.62. The fourth-order valence-corrected chi connectivity index (χ4v) is 3.14. The lowest BCUT2D eigenvalue weighted by Gasteiger charge is -2.11. The van der Waals surface area contributed by atoms with Gasteiger partial charge in [0.25, 0.3) is 0 Å². The van der Waals surface area contributed by atoms with Gasteiger partial charge in [-0.25, -0.2) is 0 Å². The highest BCUT2D eigenvalue weighted by molar-refractivity contribution is 8.00. The highest BCUT2D eigenvalue weighted by Crippen LogP contribution is 2.33. The van der Waals surface area contributed by atoms with Crippen molar-refractivity contribution < 1.29 is 4.74 Å². The van der Waals surface area contributed by atoms with Gasteiger partial charge in [0.15, 0.2) is 0 Å². The third kappa shape index (κ3) is 2.97. The minimum atomic E-state index is 0.861. The van der Waals surface area contributed by atoms with E-state index in [0.29, 0.717) is 0 Å². The maximum atomic E-state index is 5.17. The Balaban J connectivity index is 1.84. The molecular formula is C18H18N2OS. The summed E-state index contributed by atoms with van der Waals surface area (Å²) in [5, 5.41) is 5.70. The Labute approximate surface area is 134 Å². The van der Waals surface area contributed by atoms with Crippen LogP contribution >= 0.6 is 11.9 Å². The fourth-order valence-electron chi connectivity index (χ4n) is 2.35. The molecule has 3 rings (SSSR count). The van der Waals surface area contributed by atoms with Gasteiger partial charge >= 0.3 is 0 Å². The average Bonchev–Trinajstić information content (AvgIpc) is 2.60. The average molecular weight is 310 g/mol. The zero-order valence-electron chi connectivity index (χ0n) is 12.6. The fraction of sp³-hybridized carbons (Fsp3) is 0.111. The van der Waals surface area contributed by atoms with Crippen LogP contribution in [0.15, 0.2) is 65.6 Å². The molecule has 0 aliphatic heterocycles. The lowest BCUT2D eigenvalue weighted by molar-refractivity contribution is 0.415. The number of benzene rings is 3. The summed E-state index contributed by atoms with van der Waals surface area (Å²) in [6.07, 6.45) is 0. The summed E-state index contributed by atoms with van der Waals surface area (Å²) in [6.45, 7) is 0. The van der Waals surface area contributed by atoms with Gasteiger partial charge in [-0.2, -0.15) is 0 Å². The van der Waals surface area contributed by atoms with Crippen molar-refractivity contribution in [2.75, 3.05) is 24.2 Å². The second-order valence-corrected chi connectivity index (χ2v) is 5.69. The molecule has 4 heteroatoms. The van der Waals surface area contributed by atoms with Crippen molar-refractivity contribution in [1.82, 2.24) is 0 Å². The smallest absolute Gasteiger partial charge is 0.119 e. The normalized spacial score (nSPS) is 10.5. The number of anilines is 2. The standard InChI is InChI=1S/C18H18N2OS/c1-19-17-11-12-18(16-6-4-3-5-15(16)17)22-20-13-7-9-14(21-2)10-8-13/h3-12,19-20H,1-2H3. The van der Waals surface area contributed by atoms with Crippen molar-refractivity contribution in [2.24, 2.45) is 0 Å². The molecule has 0 spiro atoms. The maximum absolute atomic E-state index is 5.17. The van der Waals surface area contributed by atoms with Crippen LogP contribution in [-0.2, 0) is 0 Å². The number of nitrogens with one attached hydrogen (secondary N) is 2. The largest absolute Gasteiger partial charge is 0.497 e. The van der Waals surface area contributed by atoms with Crippen LogP contribution in [0, 0.1) is 0 Å². The van der Waals surface area contributed by atoms with E-state index in [1.807, 2.05) is 31.3 Å². The van der Waals surface area contributed by atoms with Crippen LogP contribution in [-0.4, -0.2) is 14.2 Å². The van der Waals surface area contributed by atoms with Crippen LogP contribution in [0.25, 0.3) is 10.8 Å². The van der Waals surface area contributed by atoms with E-state index in [4.69, 9.17) is 4.74 Å². The van der Waals surface area contributed by atoms with E-state index in [1.165, 1.54) is 15.7 Å². The van der Waals surface area contributed by atoms with E-state index in [0.717, 1.165) is 17.1 Å². The molecule has 0 aliphatic carbocycles.